The monoisotopic (exact) mass is 406 g/mol. The molecule has 1 N–H and O–H groups in total. The molecule has 0 saturated heterocycles. The van der Waals surface area contributed by atoms with E-state index >= 15 is 0 Å². The third-order valence-corrected chi connectivity index (χ3v) is 4.83. The number of hydrogen-bond donors (Lipinski definition) is 1. The van der Waals surface area contributed by atoms with Gasteiger partial charge in [-0.15, -0.1) is 5.10 Å². The summed E-state index contributed by atoms with van der Waals surface area (Å²) in [5.41, 5.74) is 2.46. The number of carbonyl (C=O) groups excluding carboxylic acids is 1. The minimum Gasteiger partial charge on any atom is -0.337 e. The molecule has 2 aromatic heterocycles. The van der Waals surface area contributed by atoms with Gasteiger partial charge < -0.3 is 9.88 Å². The zero-order valence-corrected chi connectivity index (χ0v) is 16.7. The van der Waals surface area contributed by atoms with Crippen molar-refractivity contribution >= 4 is 17.5 Å². The van der Waals surface area contributed by atoms with Gasteiger partial charge in [0.15, 0.2) is 5.69 Å². The van der Waals surface area contributed by atoms with Crippen molar-refractivity contribution in [1.82, 2.24) is 29.9 Å². The van der Waals surface area contributed by atoms with Gasteiger partial charge in [0.25, 0.3) is 5.91 Å². The highest BCUT2D eigenvalue weighted by Gasteiger charge is 2.24. The summed E-state index contributed by atoms with van der Waals surface area (Å²) in [5.74, 6) is 0.376. The van der Waals surface area contributed by atoms with Crippen LogP contribution < -0.4 is 5.32 Å². The number of halogens is 1. The fourth-order valence-electron chi connectivity index (χ4n) is 3.07. The van der Waals surface area contributed by atoms with Gasteiger partial charge in [0.1, 0.15) is 11.9 Å². The first-order valence-electron chi connectivity index (χ1n) is 9.06. The second kappa shape index (κ2) is 7.89. The fourth-order valence-corrected chi connectivity index (χ4v) is 3.20. The average Bonchev–Trinajstić information content (AvgIpc) is 3.33. The topological polar surface area (TPSA) is 77.6 Å². The van der Waals surface area contributed by atoms with E-state index in [1.54, 1.807) is 25.3 Å². The molecule has 146 valence electrons. The summed E-state index contributed by atoms with van der Waals surface area (Å²) in [5, 5.41) is 12.4. The maximum atomic E-state index is 13.1. The number of nitrogens with one attached hydrogen (secondary N) is 1. The lowest BCUT2D eigenvalue weighted by Crippen LogP contribution is -2.31. The van der Waals surface area contributed by atoms with Crippen LogP contribution >= 0.6 is 11.6 Å². The number of aryl methyl sites for hydroxylation is 2. The van der Waals surface area contributed by atoms with Gasteiger partial charge in [-0.1, -0.05) is 41.9 Å². The van der Waals surface area contributed by atoms with E-state index in [1.807, 2.05) is 60.3 Å². The molecule has 2 heterocycles. The number of hydrogen-bond acceptors (Lipinski definition) is 4. The molecule has 1 atom stereocenters. The van der Waals surface area contributed by atoms with Crippen LogP contribution in [0.15, 0.2) is 67.0 Å². The lowest BCUT2D eigenvalue weighted by Gasteiger charge is -2.18. The Labute approximate surface area is 173 Å². The van der Waals surface area contributed by atoms with Crippen molar-refractivity contribution in [2.75, 3.05) is 0 Å². The van der Waals surface area contributed by atoms with Gasteiger partial charge in [0.2, 0.25) is 0 Å². The molecule has 4 aromatic rings. The Bertz CT molecular complexity index is 1130. The normalized spacial score (nSPS) is 12.0. The minimum atomic E-state index is -0.457. The second-order valence-corrected chi connectivity index (χ2v) is 7.05. The van der Waals surface area contributed by atoms with E-state index in [4.69, 9.17) is 11.6 Å². The molecule has 4 rings (SSSR count). The van der Waals surface area contributed by atoms with Crippen molar-refractivity contribution in [2.45, 2.75) is 13.0 Å². The molecular formula is C21H19ClN6O. The summed E-state index contributed by atoms with van der Waals surface area (Å²) in [6.45, 7) is 1.76. The minimum absolute atomic E-state index is 0.266. The van der Waals surface area contributed by atoms with E-state index in [0.29, 0.717) is 16.5 Å². The summed E-state index contributed by atoms with van der Waals surface area (Å²) in [7, 11) is 1.88. The quantitative estimate of drug-likeness (QED) is 0.550. The van der Waals surface area contributed by atoms with Crippen molar-refractivity contribution < 1.29 is 4.79 Å². The zero-order valence-electron chi connectivity index (χ0n) is 16.0. The molecule has 0 fully saturated rings. The van der Waals surface area contributed by atoms with E-state index in [1.165, 1.54) is 4.80 Å². The predicted octanol–water partition coefficient (Wildman–Crippen LogP) is 3.48. The third kappa shape index (κ3) is 3.90. The zero-order chi connectivity index (χ0) is 20.4. The molecule has 0 radical (unpaired) electrons. The van der Waals surface area contributed by atoms with Gasteiger partial charge in [-0.05, 0) is 36.8 Å². The van der Waals surface area contributed by atoms with Crippen LogP contribution in [0.5, 0.6) is 0 Å². The number of carbonyl (C=O) groups is 1. The molecule has 29 heavy (non-hydrogen) atoms. The van der Waals surface area contributed by atoms with E-state index in [2.05, 4.69) is 20.5 Å². The van der Waals surface area contributed by atoms with Crippen molar-refractivity contribution in [1.29, 1.82) is 0 Å². The van der Waals surface area contributed by atoms with E-state index < -0.39 is 6.04 Å². The number of rotatable bonds is 5. The van der Waals surface area contributed by atoms with Crippen LogP contribution in [0.3, 0.4) is 0 Å². The van der Waals surface area contributed by atoms with Crippen LogP contribution in [0.1, 0.15) is 33.6 Å². The standard InChI is InChI=1S/C21H19ClN6O/c1-14-18(26-28(25-14)17-6-4-3-5-7-17)21(29)24-19(20-23-12-13-27(20)2)15-8-10-16(22)11-9-15/h3-13,19H,1-2H3,(H,24,29). The molecule has 0 bridgehead atoms. The van der Waals surface area contributed by atoms with Gasteiger partial charge in [0.05, 0.1) is 11.4 Å². The van der Waals surface area contributed by atoms with Crippen LogP contribution in [-0.2, 0) is 7.05 Å². The highest BCUT2D eigenvalue weighted by atomic mass is 35.5. The van der Waals surface area contributed by atoms with Crippen molar-refractivity contribution in [3.8, 4) is 5.69 Å². The molecular weight excluding hydrogens is 388 g/mol. The Balaban J connectivity index is 1.66. The summed E-state index contributed by atoms with van der Waals surface area (Å²) in [4.78, 5) is 18.9. The Kier molecular flexibility index (Phi) is 5.14. The molecule has 1 unspecified atom stereocenters. The average molecular weight is 407 g/mol. The highest BCUT2D eigenvalue weighted by Crippen LogP contribution is 2.23. The molecule has 1 amide bonds. The first-order chi connectivity index (χ1) is 14.0. The molecule has 7 nitrogen and oxygen atoms in total. The van der Waals surface area contributed by atoms with Gasteiger partial charge in [-0.3, -0.25) is 4.79 Å². The SMILES string of the molecule is Cc1nn(-c2ccccc2)nc1C(=O)NC(c1ccc(Cl)cc1)c1nccn1C. The molecule has 0 aliphatic heterocycles. The Morgan fingerprint density at radius 3 is 2.45 bits per heavy atom. The molecule has 8 heteroatoms. The Morgan fingerprint density at radius 2 is 1.79 bits per heavy atom. The Hall–Kier alpha value is -3.45. The lowest BCUT2D eigenvalue weighted by atomic mass is 10.1. The molecule has 2 aromatic carbocycles. The molecule has 0 spiro atoms. The van der Waals surface area contributed by atoms with Gasteiger partial charge in [0, 0.05) is 24.5 Å². The maximum absolute atomic E-state index is 13.1. The molecule has 0 saturated carbocycles. The second-order valence-electron chi connectivity index (χ2n) is 6.61. The van der Waals surface area contributed by atoms with Gasteiger partial charge in [-0.2, -0.15) is 9.90 Å². The van der Waals surface area contributed by atoms with Crippen LogP contribution in [0.4, 0.5) is 0 Å². The summed E-state index contributed by atoms with van der Waals surface area (Å²) in [6.07, 6.45) is 3.53. The maximum Gasteiger partial charge on any atom is 0.274 e. The largest absolute Gasteiger partial charge is 0.337 e. The van der Waals surface area contributed by atoms with E-state index in [9.17, 15) is 4.79 Å². The van der Waals surface area contributed by atoms with Crippen LogP contribution in [0.2, 0.25) is 5.02 Å². The van der Waals surface area contributed by atoms with Gasteiger partial charge >= 0.3 is 0 Å². The van der Waals surface area contributed by atoms with Crippen LogP contribution in [-0.4, -0.2) is 30.5 Å². The van der Waals surface area contributed by atoms with Crippen molar-refractivity contribution in [3.05, 3.63) is 94.8 Å². The van der Waals surface area contributed by atoms with Crippen LogP contribution in [0.25, 0.3) is 5.69 Å². The smallest absolute Gasteiger partial charge is 0.274 e. The van der Waals surface area contributed by atoms with E-state index in [-0.39, 0.29) is 11.6 Å². The lowest BCUT2D eigenvalue weighted by molar-refractivity contribution is 0.0935. The third-order valence-electron chi connectivity index (χ3n) is 4.58. The summed E-state index contributed by atoms with van der Waals surface area (Å²) < 4.78 is 1.87. The number of para-hydroxylation sites is 1. The fraction of sp³-hybridized carbons (Fsp3) is 0.143. The first-order valence-corrected chi connectivity index (χ1v) is 9.43. The Morgan fingerprint density at radius 1 is 1.07 bits per heavy atom. The van der Waals surface area contributed by atoms with Gasteiger partial charge in [-0.25, -0.2) is 4.98 Å². The van der Waals surface area contributed by atoms with Crippen molar-refractivity contribution in [3.63, 3.8) is 0 Å². The number of amides is 1. The molecule has 0 aliphatic rings. The number of benzene rings is 2. The number of aromatic nitrogens is 5. The van der Waals surface area contributed by atoms with Crippen LogP contribution in [0, 0.1) is 6.92 Å². The molecule has 0 aliphatic carbocycles. The number of imidazole rings is 1. The van der Waals surface area contributed by atoms with Crippen molar-refractivity contribution in [2.24, 2.45) is 7.05 Å². The first kappa shape index (κ1) is 18.9. The predicted molar refractivity (Wildman–Crippen MR) is 110 cm³/mol. The summed E-state index contributed by atoms with van der Waals surface area (Å²) in [6, 6.07) is 16.3. The summed E-state index contributed by atoms with van der Waals surface area (Å²) >= 11 is 6.03. The number of nitrogens with zero attached hydrogens (tertiary/aromatic N) is 5. The highest BCUT2D eigenvalue weighted by molar-refractivity contribution is 6.30. The van der Waals surface area contributed by atoms with E-state index in [0.717, 1.165) is 11.3 Å².